The lowest BCUT2D eigenvalue weighted by Gasteiger charge is -2.26. The highest BCUT2D eigenvalue weighted by Crippen LogP contribution is 2.17. The van der Waals surface area contributed by atoms with Crippen molar-refractivity contribution in [3.05, 3.63) is 12.0 Å². The van der Waals surface area contributed by atoms with E-state index < -0.39 is 17.6 Å². The minimum absolute atomic E-state index is 0.0517. The Balaban J connectivity index is 2.28. The van der Waals surface area contributed by atoms with Crippen LogP contribution in [0.15, 0.2) is 6.20 Å². The maximum absolute atomic E-state index is 13.6. The molecule has 0 aromatic carbocycles. The fourth-order valence-electron chi connectivity index (χ4n) is 1.61. The van der Waals surface area contributed by atoms with E-state index >= 15 is 0 Å². The average Bonchev–Trinajstić information content (AvgIpc) is 2.30. The summed E-state index contributed by atoms with van der Waals surface area (Å²) in [6.45, 7) is 2.23. The standard InChI is InChI=1S/C10H12FN5O2/c1-2-12-10-13-3-6(11)9(15-10)16-4-7(17)14-8(18)5-16/h3H,2,4-5H2,1H3,(H,12,13,15)(H,14,17,18). The molecule has 1 aliphatic rings. The molecule has 0 aliphatic carbocycles. The van der Waals surface area contributed by atoms with Gasteiger partial charge in [0.15, 0.2) is 11.6 Å². The van der Waals surface area contributed by atoms with Crippen molar-refractivity contribution in [3.8, 4) is 0 Å². The summed E-state index contributed by atoms with van der Waals surface area (Å²) >= 11 is 0. The maximum Gasteiger partial charge on any atom is 0.246 e. The summed E-state index contributed by atoms with van der Waals surface area (Å²) in [5.74, 6) is -1.42. The lowest BCUT2D eigenvalue weighted by atomic mass is 10.3. The second-order valence-electron chi connectivity index (χ2n) is 3.72. The predicted molar refractivity (Wildman–Crippen MR) is 61.5 cm³/mol. The van der Waals surface area contributed by atoms with Crippen LogP contribution in [0, 0.1) is 5.82 Å². The summed E-state index contributed by atoms with van der Waals surface area (Å²) in [4.78, 5) is 31.4. The van der Waals surface area contributed by atoms with Crippen LogP contribution in [0.4, 0.5) is 16.2 Å². The zero-order valence-corrected chi connectivity index (χ0v) is 9.73. The molecule has 2 heterocycles. The van der Waals surface area contributed by atoms with Crippen molar-refractivity contribution in [2.75, 3.05) is 29.9 Å². The van der Waals surface area contributed by atoms with E-state index in [9.17, 15) is 14.0 Å². The molecule has 1 aliphatic heterocycles. The van der Waals surface area contributed by atoms with E-state index in [1.165, 1.54) is 4.90 Å². The molecule has 96 valence electrons. The zero-order chi connectivity index (χ0) is 13.1. The first-order valence-electron chi connectivity index (χ1n) is 5.44. The largest absolute Gasteiger partial charge is 0.354 e. The highest BCUT2D eigenvalue weighted by molar-refractivity contribution is 6.02. The van der Waals surface area contributed by atoms with Gasteiger partial charge in [-0.2, -0.15) is 4.98 Å². The van der Waals surface area contributed by atoms with Crippen LogP contribution in [0.2, 0.25) is 0 Å². The van der Waals surface area contributed by atoms with Gasteiger partial charge in [-0.25, -0.2) is 9.37 Å². The Kier molecular flexibility index (Phi) is 3.35. The summed E-state index contributed by atoms with van der Waals surface area (Å²) in [7, 11) is 0. The van der Waals surface area contributed by atoms with Gasteiger partial charge in [-0.3, -0.25) is 14.9 Å². The van der Waals surface area contributed by atoms with Crippen molar-refractivity contribution in [1.82, 2.24) is 15.3 Å². The van der Waals surface area contributed by atoms with Crippen molar-refractivity contribution in [1.29, 1.82) is 0 Å². The lowest BCUT2D eigenvalue weighted by Crippen LogP contribution is -2.52. The van der Waals surface area contributed by atoms with Crippen molar-refractivity contribution in [3.63, 3.8) is 0 Å². The number of halogens is 1. The fraction of sp³-hybridized carbons (Fsp3) is 0.400. The lowest BCUT2D eigenvalue weighted by molar-refractivity contribution is -0.130. The summed E-state index contributed by atoms with van der Waals surface area (Å²) in [6, 6.07) is 0. The van der Waals surface area contributed by atoms with Crippen LogP contribution in [0.1, 0.15) is 6.92 Å². The Labute approximate surface area is 102 Å². The van der Waals surface area contributed by atoms with E-state index in [4.69, 9.17) is 0 Å². The van der Waals surface area contributed by atoms with Crippen LogP contribution in [-0.4, -0.2) is 41.4 Å². The zero-order valence-electron chi connectivity index (χ0n) is 9.73. The molecular weight excluding hydrogens is 241 g/mol. The van der Waals surface area contributed by atoms with Crippen molar-refractivity contribution < 1.29 is 14.0 Å². The monoisotopic (exact) mass is 253 g/mol. The number of piperazine rings is 1. The number of hydrogen-bond donors (Lipinski definition) is 2. The van der Waals surface area contributed by atoms with Gasteiger partial charge >= 0.3 is 0 Å². The number of carbonyl (C=O) groups excluding carboxylic acids is 2. The SMILES string of the molecule is CCNc1ncc(F)c(N2CC(=O)NC(=O)C2)n1. The molecule has 0 atom stereocenters. The van der Waals surface area contributed by atoms with Gasteiger partial charge in [-0.1, -0.05) is 0 Å². The third-order valence-electron chi connectivity index (χ3n) is 2.31. The smallest absolute Gasteiger partial charge is 0.246 e. The minimum atomic E-state index is -0.667. The number of rotatable bonds is 3. The number of anilines is 2. The Hall–Kier alpha value is -2.25. The Morgan fingerprint density at radius 3 is 2.72 bits per heavy atom. The van der Waals surface area contributed by atoms with Gasteiger partial charge in [0.1, 0.15) is 0 Å². The molecule has 8 heteroatoms. The average molecular weight is 253 g/mol. The number of aromatic nitrogens is 2. The van der Waals surface area contributed by atoms with Gasteiger partial charge in [-0.05, 0) is 6.92 Å². The van der Waals surface area contributed by atoms with Crippen LogP contribution in [0.5, 0.6) is 0 Å². The predicted octanol–water partition coefficient (Wildman–Crippen LogP) is -0.490. The van der Waals surface area contributed by atoms with Gasteiger partial charge in [0.2, 0.25) is 17.8 Å². The van der Waals surface area contributed by atoms with Crippen LogP contribution in [0.3, 0.4) is 0 Å². The number of carbonyl (C=O) groups is 2. The van der Waals surface area contributed by atoms with Crippen molar-refractivity contribution >= 4 is 23.6 Å². The molecule has 2 N–H and O–H groups in total. The van der Waals surface area contributed by atoms with E-state index in [1.54, 1.807) is 0 Å². The minimum Gasteiger partial charge on any atom is -0.354 e. The van der Waals surface area contributed by atoms with Crippen LogP contribution >= 0.6 is 0 Å². The van der Waals surface area contributed by atoms with E-state index in [1.807, 2.05) is 6.92 Å². The maximum atomic E-state index is 13.6. The molecule has 0 unspecified atom stereocenters. The van der Waals surface area contributed by atoms with Crippen molar-refractivity contribution in [2.45, 2.75) is 6.92 Å². The molecule has 2 amide bonds. The van der Waals surface area contributed by atoms with Gasteiger partial charge < -0.3 is 10.2 Å². The molecule has 1 aromatic rings. The number of amides is 2. The fourth-order valence-corrected chi connectivity index (χ4v) is 1.61. The Morgan fingerprint density at radius 2 is 2.11 bits per heavy atom. The van der Waals surface area contributed by atoms with Gasteiger partial charge in [0.25, 0.3) is 0 Å². The second kappa shape index (κ2) is 4.94. The molecule has 1 saturated heterocycles. The van der Waals surface area contributed by atoms with Crippen LogP contribution in [0.25, 0.3) is 0 Å². The van der Waals surface area contributed by atoms with E-state index in [2.05, 4.69) is 20.6 Å². The molecule has 0 spiro atoms. The first kappa shape index (κ1) is 12.2. The molecule has 0 radical (unpaired) electrons. The molecule has 18 heavy (non-hydrogen) atoms. The Morgan fingerprint density at radius 1 is 1.44 bits per heavy atom. The molecular formula is C10H12FN5O2. The molecule has 2 rings (SSSR count). The number of nitrogens with one attached hydrogen (secondary N) is 2. The molecule has 7 nitrogen and oxygen atoms in total. The number of imide groups is 1. The van der Waals surface area contributed by atoms with E-state index in [0.29, 0.717) is 6.54 Å². The number of nitrogens with zero attached hydrogens (tertiary/aromatic N) is 3. The summed E-state index contributed by atoms with van der Waals surface area (Å²) in [5.41, 5.74) is 0. The van der Waals surface area contributed by atoms with Gasteiger partial charge in [-0.15, -0.1) is 0 Å². The summed E-state index contributed by atoms with van der Waals surface area (Å²) in [5, 5.41) is 4.97. The van der Waals surface area contributed by atoms with E-state index in [0.717, 1.165) is 6.20 Å². The van der Waals surface area contributed by atoms with E-state index in [-0.39, 0.29) is 24.9 Å². The summed E-state index contributed by atoms with van der Waals surface area (Å²) < 4.78 is 13.6. The normalized spacial score (nSPS) is 15.6. The third-order valence-corrected chi connectivity index (χ3v) is 2.31. The molecule has 1 fully saturated rings. The quantitative estimate of drug-likeness (QED) is 0.707. The van der Waals surface area contributed by atoms with Crippen LogP contribution in [-0.2, 0) is 9.59 Å². The topological polar surface area (TPSA) is 87.2 Å². The van der Waals surface area contributed by atoms with Crippen LogP contribution < -0.4 is 15.5 Å². The highest BCUT2D eigenvalue weighted by Gasteiger charge is 2.26. The van der Waals surface area contributed by atoms with Crippen molar-refractivity contribution in [2.24, 2.45) is 0 Å². The third kappa shape index (κ3) is 2.53. The molecule has 0 bridgehead atoms. The first-order valence-corrected chi connectivity index (χ1v) is 5.44. The molecule has 1 aromatic heterocycles. The Bertz CT molecular complexity index is 477. The highest BCUT2D eigenvalue weighted by atomic mass is 19.1. The summed E-state index contributed by atoms with van der Waals surface area (Å²) in [6.07, 6.45) is 1.01. The number of hydrogen-bond acceptors (Lipinski definition) is 6. The second-order valence-corrected chi connectivity index (χ2v) is 3.72. The first-order chi connectivity index (χ1) is 8.60. The molecule has 0 saturated carbocycles. The van der Waals surface area contributed by atoms with Gasteiger partial charge in [0, 0.05) is 6.54 Å². The van der Waals surface area contributed by atoms with Gasteiger partial charge in [0.05, 0.1) is 19.3 Å².